The molecule has 1 heterocycles. The summed E-state index contributed by atoms with van der Waals surface area (Å²) in [4.78, 5) is 14.3. The molecule has 1 aromatic heterocycles. The largest absolute Gasteiger partial charge is 0.503 e. The van der Waals surface area contributed by atoms with E-state index in [4.69, 9.17) is 0 Å². The van der Waals surface area contributed by atoms with E-state index in [1.165, 1.54) is 38.5 Å². The van der Waals surface area contributed by atoms with Crippen LogP contribution in [0.2, 0.25) is 0 Å². The molecule has 0 atom stereocenters. The van der Waals surface area contributed by atoms with Crippen LogP contribution in [0, 0.1) is 0 Å². The lowest BCUT2D eigenvalue weighted by molar-refractivity contribution is 0.249. The monoisotopic (exact) mass is 322 g/mol. The molecule has 0 spiro atoms. The highest BCUT2D eigenvalue weighted by molar-refractivity contribution is 5.20. The number of rotatable bonds is 12. The smallest absolute Gasteiger partial charge is 0.223 e. The minimum absolute atomic E-state index is 0.140. The number of unbranched alkanes of at least 4 members (excludes halogenated alkanes) is 4. The second kappa shape index (κ2) is 11.3. The van der Waals surface area contributed by atoms with Crippen LogP contribution in [0.5, 0.6) is 5.75 Å². The van der Waals surface area contributed by atoms with Crippen LogP contribution in [0.1, 0.15) is 71.4 Å². The van der Waals surface area contributed by atoms with Crippen molar-refractivity contribution in [2.45, 2.75) is 78.8 Å². The Morgan fingerprint density at radius 1 is 1.00 bits per heavy atom. The van der Waals surface area contributed by atoms with Crippen molar-refractivity contribution in [2.24, 2.45) is 0 Å². The van der Waals surface area contributed by atoms with Crippen molar-refractivity contribution in [1.29, 1.82) is 0 Å². The molecule has 0 aliphatic heterocycles. The van der Waals surface area contributed by atoms with E-state index in [2.05, 4.69) is 30.2 Å². The third-order valence-electron chi connectivity index (χ3n) is 4.24. The molecule has 0 fully saturated rings. The van der Waals surface area contributed by atoms with E-state index in [0.717, 1.165) is 38.3 Å². The second-order valence-electron chi connectivity index (χ2n) is 6.40. The number of aromatic hydroxyl groups is 1. The first-order valence-electron chi connectivity index (χ1n) is 9.27. The van der Waals surface area contributed by atoms with E-state index in [9.17, 15) is 9.90 Å². The first-order valence-corrected chi connectivity index (χ1v) is 9.27. The molecule has 0 saturated carbocycles. The molecule has 0 unspecified atom stereocenters. The molecule has 132 valence electrons. The van der Waals surface area contributed by atoms with Gasteiger partial charge in [0.15, 0.2) is 5.75 Å². The first kappa shape index (κ1) is 19.8. The van der Waals surface area contributed by atoms with Crippen molar-refractivity contribution in [2.75, 3.05) is 13.1 Å². The summed E-state index contributed by atoms with van der Waals surface area (Å²) in [5.74, 6) is -0.140. The third-order valence-corrected chi connectivity index (χ3v) is 4.24. The molecule has 0 radical (unpaired) electrons. The summed E-state index contributed by atoms with van der Waals surface area (Å²) in [6.07, 6.45) is 9.76. The topological polar surface area (TPSA) is 45.5 Å². The van der Waals surface area contributed by atoms with Crippen LogP contribution in [0.4, 0.5) is 0 Å². The fourth-order valence-electron chi connectivity index (χ4n) is 2.74. The van der Waals surface area contributed by atoms with Crippen LogP contribution in [-0.4, -0.2) is 27.7 Å². The van der Waals surface area contributed by atoms with Crippen molar-refractivity contribution in [3.05, 3.63) is 28.2 Å². The Morgan fingerprint density at radius 3 is 2.17 bits per heavy atom. The number of nitrogens with zero attached hydrogens (tertiary/aromatic N) is 2. The van der Waals surface area contributed by atoms with Gasteiger partial charge >= 0.3 is 0 Å². The molecule has 4 nitrogen and oxygen atoms in total. The lowest BCUT2D eigenvalue weighted by atomic mass is 10.2. The van der Waals surface area contributed by atoms with Gasteiger partial charge in [-0.3, -0.25) is 9.69 Å². The van der Waals surface area contributed by atoms with Gasteiger partial charge in [0.2, 0.25) is 5.43 Å². The highest BCUT2D eigenvalue weighted by atomic mass is 16.3. The van der Waals surface area contributed by atoms with E-state index in [0.29, 0.717) is 0 Å². The van der Waals surface area contributed by atoms with Crippen molar-refractivity contribution < 1.29 is 5.11 Å². The number of hydrogen-bond donors (Lipinski definition) is 1. The molecule has 23 heavy (non-hydrogen) atoms. The van der Waals surface area contributed by atoms with Gasteiger partial charge in [-0.1, -0.05) is 46.5 Å². The van der Waals surface area contributed by atoms with Crippen molar-refractivity contribution in [3.8, 4) is 5.75 Å². The van der Waals surface area contributed by atoms with Crippen molar-refractivity contribution in [1.82, 2.24) is 9.47 Å². The van der Waals surface area contributed by atoms with E-state index >= 15 is 0 Å². The number of aryl methyl sites for hydroxylation is 1. The van der Waals surface area contributed by atoms with Crippen LogP contribution in [0.15, 0.2) is 17.1 Å². The molecule has 0 aliphatic carbocycles. The van der Waals surface area contributed by atoms with Crippen LogP contribution >= 0.6 is 0 Å². The SMILES string of the molecule is CCCCCn1cc(O)c(=O)cc1CN(CCCC)CCCC. The normalized spacial score (nSPS) is 11.3. The van der Waals surface area contributed by atoms with Gasteiger partial charge in [0, 0.05) is 24.8 Å². The quantitative estimate of drug-likeness (QED) is 0.588. The van der Waals surface area contributed by atoms with Gasteiger partial charge in [-0.05, 0) is 32.4 Å². The summed E-state index contributed by atoms with van der Waals surface area (Å²) < 4.78 is 2.07. The number of pyridine rings is 1. The second-order valence-corrected chi connectivity index (χ2v) is 6.40. The van der Waals surface area contributed by atoms with Gasteiger partial charge in [0.25, 0.3) is 0 Å². The van der Waals surface area contributed by atoms with Crippen LogP contribution < -0.4 is 5.43 Å². The van der Waals surface area contributed by atoms with Crippen molar-refractivity contribution >= 4 is 0 Å². The molecule has 0 bridgehead atoms. The summed E-state index contributed by atoms with van der Waals surface area (Å²) in [5, 5.41) is 9.75. The minimum atomic E-state index is -0.266. The minimum Gasteiger partial charge on any atom is -0.503 e. The zero-order chi connectivity index (χ0) is 17.1. The maximum Gasteiger partial charge on any atom is 0.223 e. The van der Waals surface area contributed by atoms with Crippen LogP contribution in [-0.2, 0) is 13.1 Å². The van der Waals surface area contributed by atoms with Gasteiger partial charge in [-0.15, -0.1) is 0 Å². The van der Waals surface area contributed by atoms with Gasteiger partial charge in [-0.25, -0.2) is 0 Å². The molecular formula is C19H34N2O2. The average Bonchev–Trinajstić information content (AvgIpc) is 2.54. The molecular weight excluding hydrogens is 288 g/mol. The Labute approximate surface area is 141 Å². The van der Waals surface area contributed by atoms with Gasteiger partial charge in [-0.2, -0.15) is 0 Å². The Hall–Kier alpha value is -1.29. The predicted molar refractivity (Wildman–Crippen MR) is 97.0 cm³/mol. The zero-order valence-corrected chi connectivity index (χ0v) is 15.2. The highest BCUT2D eigenvalue weighted by Gasteiger charge is 2.11. The summed E-state index contributed by atoms with van der Waals surface area (Å²) in [5.41, 5.74) is 0.758. The molecule has 0 aromatic carbocycles. The Balaban J connectivity index is 2.87. The Morgan fingerprint density at radius 2 is 1.61 bits per heavy atom. The maximum absolute atomic E-state index is 11.8. The highest BCUT2D eigenvalue weighted by Crippen LogP contribution is 2.12. The van der Waals surface area contributed by atoms with E-state index in [-0.39, 0.29) is 11.2 Å². The molecule has 0 aliphatic rings. The number of aromatic nitrogens is 1. The van der Waals surface area contributed by atoms with E-state index in [1.807, 2.05) is 0 Å². The maximum atomic E-state index is 11.8. The van der Waals surface area contributed by atoms with Crippen LogP contribution in [0.25, 0.3) is 0 Å². The fourth-order valence-corrected chi connectivity index (χ4v) is 2.74. The molecule has 0 amide bonds. The Kier molecular flexibility index (Phi) is 9.69. The molecule has 4 heteroatoms. The predicted octanol–water partition coefficient (Wildman–Crippen LogP) is 4.15. The molecule has 1 aromatic rings. The standard InChI is InChI=1S/C19H34N2O2/c1-4-7-10-13-21-16-19(23)18(22)14-17(21)15-20(11-8-5-2)12-9-6-3/h14,16,23H,4-13,15H2,1-3H3. The number of hydrogen-bond acceptors (Lipinski definition) is 3. The molecule has 1 N–H and O–H groups in total. The third kappa shape index (κ3) is 7.21. The van der Waals surface area contributed by atoms with Crippen LogP contribution in [0.3, 0.4) is 0 Å². The van der Waals surface area contributed by atoms with E-state index < -0.39 is 0 Å². The first-order chi connectivity index (χ1) is 11.1. The van der Waals surface area contributed by atoms with Crippen molar-refractivity contribution in [3.63, 3.8) is 0 Å². The lowest BCUT2D eigenvalue weighted by Gasteiger charge is -2.24. The van der Waals surface area contributed by atoms with E-state index in [1.54, 1.807) is 12.3 Å². The van der Waals surface area contributed by atoms with Gasteiger partial charge < -0.3 is 9.67 Å². The summed E-state index contributed by atoms with van der Waals surface area (Å²) >= 11 is 0. The molecule has 1 rings (SSSR count). The fraction of sp³-hybridized carbons (Fsp3) is 0.737. The summed E-state index contributed by atoms with van der Waals surface area (Å²) in [6.45, 7) is 10.4. The summed E-state index contributed by atoms with van der Waals surface area (Å²) in [7, 11) is 0. The molecule has 0 saturated heterocycles. The average molecular weight is 322 g/mol. The zero-order valence-electron chi connectivity index (χ0n) is 15.2. The van der Waals surface area contributed by atoms with Gasteiger partial charge in [0.1, 0.15) is 0 Å². The lowest BCUT2D eigenvalue weighted by Crippen LogP contribution is -2.28. The van der Waals surface area contributed by atoms with Gasteiger partial charge in [0.05, 0.1) is 6.20 Å². The Bertz CT molecular complexity index is 489. The summed E-state index contributed by atoms with van der Waals surface area (Å²) in [6, 6.07) is 1.62.